The highest BCUT2D eigenvalue weighted by molar-refractivity contribution is 8.00. The molecule has 1 saturated heterocycles. The molecule has 0 aromatic rings. The van der Waals surface area contributed by atoms with Gasteiger partial charge in [0.05, 0.1) is 6.54 Å². The molecule has 3 N–H and O–H groups in total. The molecule has 0 amide bonds. The summed E-state index contributed by atoms with van der Waals surface area (Å²) in [6.07, 6.45) is 2.64. The molecule has 0 aromatic carbocycles. The van der Waals surface area contributed by atoms with Gasteiger partial charge in [-0.3, -0.25) is 4.99 Å². The van der Waals surface area contributed by atoms with Crippen molar-refractivity contribution in [2.45, 2.75) is 38.9 Å². The monoisotopic (exact) mass is 273 g/mol. The van der Waals surface area contributed by atoms with Crippen LogP contribution >= 0.6 is 11.8 Å². The number of aliphatic hydroxyl groups excluding tert-OH is 1. The average Bonchev–Trinajstić information content (AvgIpc) is 2.86. The van der Waals surface area contributed by atoms with Crippen molar-refractivity contribution in [2.75, 3.05) is 32.0 Å². The van der Waals surface area contributed by atoms with Crippen LogP contribution in [0.3, 0.4) is 0 Å². The fourth-order valence-corrected chi connectivity index (χ4v) is 2.90. The Hall–Kier alpha value is -0.420. The van der Waals surface area contributed by atoms with Crippen LogP contribution in [0.1, 0.15) is 33.6 Å². The standard InChI is InChI=1S/C13H27N3OS/c1-4-14-12(16-9-13(2,3)10-17)15-8-11-6-5-7-18-11/h11,17H,4-10H2,1-3H3,(H2,14,15,16). The van der Waals surface area contributed by atoms with E-state index in [-0.39, 0.29) is 12.0 Å². The first-order chi connectivity index (χ1) is 8.57. The molecule has 1 atom stereocenters. The number of nitrogens with one attached hydrogen (secondary N) is 2. The lowest BCUT2D eigenvalue weighted by Gasteiger charge is -2.20. The summed E-state index contributed by atoms with van der Waals surface area (Å²) in [5, 5.41) is 16.6. The molecular weight excluding hydrogens is 246 g/mol. The average molecular weight is 273 g/mol. The zero-order valence-electron chi connectivity index (χ0n) is 11.8. The predicted octanol–water partition coefficient (Wildman–Crippen LogP) is 1.46. The van der Waals surface area contributed by atoms with Gasteiger partial charge in [0.25, 0.3) is 0 Å². The van der Waals surface area contributed by atoms with Crippen molar-refractivity contribution in [2.24, 2.45) is 10.4 Å². The van der Waals surface area contributed by atoms with Crippen molar-refractivity contribution in [3.05, 3.63) is 0 Å². The van der Waals surface area contributed by atoms with Gasteiger partial charge in [0, 0.05) is 30.4 Å². The minimum absolute atomic E-state index is 0.148. The van der Waals surface area contributed by atoms with E-state index in [1.807, 2.05) is 25.6 Å². The largest absolute Gasteiger partial charge is 0.396 e. The minimum atomic E-state index is -0.148. The van der Waals surface area contributed by atoms with Crippen molar-refractivity contribution in [3.63, 3.8) is 0 Å². The van der Waals surface area contributed by atoms with Crippen molar-refractivity contribution in [3.8, 4) is 0 Å². The lowest BCUT2D eigenvalue weighted by molar-refractivity contribution is 0.167. The summed E-state index contributed by atoms with van der Waals surface area (Å²) in [5.74, 6) is 2.16. The van der Waals surface area contributed by atoms with Crippen LogP contribution in [0.15, 0.2) is 4.99 Å². The number of aliphatic hydroxyl groups is 1. The molecule has 1 aliphatic rings. The summed E-state index contributed by atoms with van der Waals surface area (Å²) in [7, 11) is 0. The summed E-state index contributed by atoms with van der Waals surface area (Å²) < 4.78 is 0. The normalized spacial score (nSPS) is 21.1. The SMILES string of the molecule is CCNC(=NCC(C)(C)CO)NCC1CCCS1. The lowest BCUT2D eigenvalue weighted by Crippen LogP contribution is -2.41. The van der Waals surface area contributed by atoms with Crippen LogP contribution < -0.4 is 10.6 Å². The van der Waals surface area contributed by atoms with Gasteiger partial charge in [0.1, 0.15) is 0 Å². The Bertz CT molecular complexity index is 263. The second-order valence-electron chi connectivity index (χ2n) is 5.53. The molecule has 0 bridgehead atoms. The molecule has 0 spiro atoms. The third-order valence-electron chi connectivity index (χ3n) is 2.96. The molecule has 106 valence electrons. The second kappa shape index (κ2) is 7.89. The molecule has 1 heterocycles. The topological polar surface area (TPSA) is 56.7 Å². The van der Waals surface area contributed by atoms with Crippen LogP contribution in [0.5, 0.6) is 0 Å². The third kappa shape index (κ3) is 5.96. The molecule has 0 aliphatic carbocycles. The summed E-state index contributed by atoms with van der Waals surface area (Å²) in [5.41, 5.74) is -0.148. The Labute approximate surface area is 115 Å². The van der Waals surface area contributed by atoms with Gasteiger partial charge < -0.3 is 15.7 Å². The number of guanidine groups is 1. The van der Waals surface area contributed by atoms with E-state index in [9.17, 15) is 5.11 Å². The van der Waals surface area contributed by atoms with E-state index in [0.717, 1.165) is 24.3 Å². The maximum Gasteiger partial charge on any atom is 0.191 e. The van der Waals surface area contributed by atoms with E-state index >= 15 is 0 Å². The maximum atomic E-state index is 9.23. The summed E-state index contributed by atoms with van der Waals surface area (Å²) in [4.78, 5) is 4.54. The number of nitrogens with zero attached hydrogens (tertiary/aromatic N) is 1. The molecule has 4 nitrogen and oxygen atoms in total. The maximum absolute atomic E-state index is 9.23. The number of hydrogen-bond acceptors (Lipinski definition) is 3. The quantitative estimate of drug-likeness (QED) is 0.506. The summed E-state index contributed by atoms with van der Waals surface area (Å²) >= 11 is 2.05. The number of hydrogen-bond donors (Lipinski definition) is 3. The Balaban J connectivity index is 2.39. The minimum Gasteiger partial charge on any atom is -0.396 e. The van der Waals surface area contributed by atoms with Crippen LogP contribution in [0.25, 0.3) is 0 Å². The number of aliphatic imine (C=N–C) groups is 1. The predicted molar refractivity (Wildman–Crippen MR) is 80.3 cm³/mol. The van der Waals surface area contributed by atoms with Crippen LogP contribution in [-0.4, -0.2) is 48.3 Å². The van der Waals surface area contributed by atoms with Gasteiger partial charge in [-0.1, -0.05) is 13.8 Å². The molecule has 0 radical (unpaired) electrons. The highest BCUT2D eigenvalue weighted by atomic mass is 32.2. The second-order valence-corrected chi connectivity index (χ2v) is 6.94. The lowest BCUT2D eigenvalue weighted by atomic mass is 9.95. The van der Waals surface area contributed by atoms with Gasteiger partial charge in [0.15, 0.2) is 5.96 Å². The molecule has 5 heteroatoms. The van der Waals surface area contributed by atoms with Gasteiger partial charge in [-0.05, 0) is 25.5 Å². The van der Waals surface area contributed by atoms with E-state index in [0.29, 0.717) is 6.54 Å². The van der Waals surface area contributed by atoms with Gasteiger partial charge in [-0.2, -0.15) is 11.8 Å². The summed E-state index contributed by atoms with van der Waals surface area (Å²) in [6, 6.07) is 0. The zero-order valence-corrected chi connectivity index (χ0v) is 12.6. The zero-order chi connectivity index (χ0) is 13.4. The molecule has 0 saturated carbocycles. The van der Waals surface area contributed by atoms with Gasteiger partial charge >= 0.3 is 0 Å². The molecule has 1 aliphatic heterocycles. The van der Waals surface area contributed by atoms with Crippen LogP contribution in [0.2, 0.25) is 0 Å². The van der Waals surface area contributed by atoms with E-state index in [2.05, 4.69) is 22.5 Å². The van der Waals surface area contributed by atoms with Crippen molar-refractivity contribution in [1.29, 1.82) is 0 Å². The van der Waals surface area contributed by atoms with Crippen LogP contribution in [-0.2, 0) is 0 Å². The van der Waals surface area contributed by atoms with E-state index in [1.54, 1.807) is 0 Å². The van der Waals surface area contributed by atoms with Gasteiger partial charge in [-0.15, -0.1) is 0 Å². The highest BCUT2D eigenvalue weighted by Gasteiger charge is 2.17. The molecule has 1 unspecified atom stereocenters. The van der Waals surface area contributed by atoms with E-state index in [1.165, 1.54) is 18.6 Å². The Morgan fingerprint density at radius 2 is 2.22 bits per heavy atom. The van der Waals surface area contributed by atoms with E-state index in [4.69, 9.17) is 0 Å². The number of rotatable bonds is 6. The summed E-state index contributed by atoms with van der Waals surface area (Å²) in [6.45, 7) is 8.75. The van der Waals surface area contributed by atoms with Crippen LogP contribution in [0, 0.1) is 5.41 Å². The first-order valence-electron chi connectivity index (χ1n) is 6.82. The smallest absolute Gasteiger partial charge is 0.191 e. The molecule has 18 heavy (non-hydrogen) atoms. The highest BCUT2D eigenvalue weighted by Crippen LogP contribution is 2.25. The fourth-order valence-electron chi connectivity index (χ4n) is 1.70. The Morgan fingerprint density at radius 1 is 1.44 bits per heavy atom. The van der Waals surface area contributed by atoms with E-state index < -0.39 is 0 Å². The first kappa shape index (κ1) is 15.6. The van der Waals surface area contributed by atoms with Crippen molar-refractivity contribution >= 4 is 17.7 Å². The van der Waals surface area contributed by atoms with Crippen molar-refractivity contribution in [1.82, 2.24) is 10.6 Å². The fraction of sp³-hybridized carbons (Fsp3) is 0.923. The molecule has 0 aromatic heterocycles. The Kier molecular flexibility index (Phi) is 6.86. The molecule has 1 fully saturated rings. The van der Waals surface area contributed by atoms with Crippen molar-refractivity contribution < 1.29 is 5.11 Å². The Morgan fingerprint density at radius 3 is 2.78 bits per heavy atom. The first-order valence-corrected chi connectivity index (χ1v) is 7.87. The van der Waals surface area contributed by atoms with Gasteiger partial charge in [-0.25, -0.2) is 0 Å². The molecule has 1 rings (SSSR count). The third-order valence-corrected chi connectivity index (χ3v) is 4.36. The number of thioether (sulfide) groups is 1. The van der Waals surface area contributed by atoms with Gasteiger partial charge in [0.2, 0.25) is 0 Å². The van der Waals surface area contributed by atoms with Crippen LogP contribution in [0.4, 0.5) is 0 Å². The molecular formula is C13H27N3OS.